The molecule has 1 saturated heterocycles. The average molecular weight is 286 g/mol. The zero-order valence-corrected chi connectivity index (χ0v) is 12.0. The fraction of sp³-hybridized carbons (Fsp3) is 0.500. The van der Waals surface area contributed by atoms with Crippen molar-refractivity contribution in [3.05, 3.63) is 24.3 Å². The Morgan fingerprint density at radius 3 is 2.39 bits per heavy atom. The van der Waals surface area contributed by atoms with Crippen molar-refractivity contribution in [1.82, 2.24) is 10.0 Å². The van der Waals surface area contributed by atoms with Crippen LogP contribution in [0.1, 0.15) is 12.8 Å². The molecule has 2 N–H and O–H groups in total. The smallest absolute Gasteiger partial charge is 0.240 e. The summed E-state index contributed by atoms with van der Waals surface area (Å²) in [6.45, 7) is 1.75. The predicted molar refractivity (Wildman–Crippen MR) is 74.4 cm³/mol. The molecule has 0 unspecified atom stereocenters. The molecule has 0 radical (unpaired) electrons. The molecule has 1 aliphatic rings. The molecule has 100 valence electrons. The topological polar surface area (TPSA) is 58.2 Å². The lowest BCUT2D eigenvalue weighted by atomic mass is 10.1. The maximum Gasteiger partial charge on any atom is 0.240 e. The molecule has 0 saturated carbocycles. The van der Waals surface area contributed by atoms with Gasteiger partial charge in [0.1, 0.15) is 0 Å². The van der Waals surface area contributed by atoms with Crippen molar-refractivity contribution in [2.45, 2.75) is 28.7 Å². The highest BCUT2D eigenvalue weighted by atomic mass is 32.2. The molecule has 1 aromatic carbocycles. The van der Waals surface area contributed by atoms with E-state index in [0.717, 1.165) is 30.8 Å². The van der Waals surface area contributed by atoms with E-state index in [9.17, 15) is 8.42 Å². The molecule has 0 aromatic heterocycles. The number of benzene rings is 1. The van der Waals surface area contributed by atoms with Crippen molar-refractivity contribution < 1.29 is 8.42 Å². The molecule has 4 nitrogen and oxygen atoms in total. The summed E-state index contributed by atoms with van der Waals surface area (Å²) in [5.41, 5.74) is 0. The van der Waals surface area contributed by atoms with Crippen LogP contribution in [0.2, 0.25) is 0 Å². The van der Waals surface area contributed by atoms with Crippen molar-refractivity contribution in [1.29, 1.82) is 0 Å². The molecule has 1 aromatic rings. The van der Waals surface area contributed by atoms with Gasteiger partial charge in [-0.05, 0) is 56.5 Å². The van der Waals surface area contributed by atoms with Crippen molar-refractivity contribution >= 4 is 21.8 Å². The van der Waals surface area contributed by atoms with E-state index >= 15 is 0 Å². The summed E-state index contributed by atoms with van der Waals surface area (Å²) in [4.78, 5) is 1.41. The number of piperidine rings is 1. The molecule has 1 fully saturated rings. The standard InChI is InChI=1S/C12H18N2O2S2/c1-17-11-2-4-12(5-3-11)18(15,16)14-10-6-8-13-9-7-10/h2-5,10,13-14H,6-9H2,1H3. The van der Waals surface area contributed by atoms with Crippen molar-refractivity contribution in [3.63, 3.8) is 0 Å². The lowest BCUT2D eigenvalue weighted by Crippen LogP contribution is -2.42. The molecule has 1 aliphatic heterocycles. The van der Waals surface area contributed by atoms with Crippen LogP contribution in [0.3, 0.4) is 0 Å². The van der Waals surface area contributed by atoms with E-state index in [1.54, 1.807) is 23.9 Å². The van der Waals surface area contributed by atoms with Gasteiger partial charge in [-0.15, -0.1) is 11.8 Å². The molecule has 0 amide bonds. The van der Waals surface area contributed by atoms with Crippen LogP contribution in [0.15, 0.2) is 34.1 Å². The van der Waals surface area contributed by atoms with Crippen LogP contribution in [0.5, 0.6) is 0 Å². The Morgan fingerprint density at radius 1 is 1.22 bits per heavy atom. The maximum atomic E-state index is 12.2. The Bertz CT molecular complexity index is 479. The summed E-state index contributed by atoms with van der Waals surface area (Å²) in [7, 11) is -3.37. The van der Waals surface area contributed by atoms with Gasteiger partial charge in [0.25, 0.3) is 0 Å². The van der Waals surface area contributed by atoms with Gasteiger partial charge in [-0.1, -0.05) is 0 Å². The minimum Gasteiger partial charge on any atom is -0.317 e. The minimum absolute atomic E-state index is 0.0523. The number of sulfonamides is 1. The second-order valence-corrected chi connectivity index (χ2v) is 6.91. The van der Waals surface area contributed by atoms with E-state index in [4.69, 9.17) is 0 Å². The van der Waals surface area contributed by atoms with E-state index in [1.165, 1.54) is 0 Å². The van der Waals surface area contributed by atoms with Crippen molar-refractivity contribution in [2.75, 3.05) is 19.3 Å². The molecule has 18 heavy (non-hydrogen) atoms. The molecule has 1 heterocycles. The van der Waals surface area contributed by atoms with E-state index in [2.05, 4.69) is 10.0 Å². The number of nitrogens with one attached hydrogen (secondary N) is 2. The average Bonchev–Trinajstić information content (AvgIpc) is 2.39. The third-order valence-corrected chi connectivity index (χ3v) is 5.31. The van der Waals surface area contributed by atoms with Crippen LogP contribution in [-0.4, -0.2) is 33.8 Å². The van der Waals surface area contributed by atoms with Gasteiger partial charge in [0.2, 0.25) is 10.0 Å². The Kier molecular flexibility index (Phi) is 4.66. The third-order valence-electron chi connectivity index (χ3n) is 3.03. The van der Waals surface area contributed by atoms with Crippen LogP contribution in [0.4, 0.5) is 0 Å². The highest BCUT2D eigenvalue weighted by Gasteiger charge is 2.21. The quantitative estimate of drug-likeness (QED) is 0.822. The largest absolute Gasteiger partial charge is 0.317 e. The molecule has 0 bridgehead atoms. The van der Waals surface area contributed by atoms with E-state index in [-0.39, 0.29) is 6.04 Å². The summed E-state index contributed by atoms with van der Waals surface area (Å²) >= 11 is 1.60. The Balaban J connectivity index is 2.08. The van der Waals surface area contributed by atoms with Gasteiger partial charge < -0.3 is 5.32 Å². The fourth-order valence-corrected chi connectivity index (χ4v) is 3.70. The zero-order valence-electron chi connectivity index (χ0n) is 10.3. The lowest BCUT2D eigenvalue weighted by molar-refractivity contribution is 0.427. The third kappa shape index (κ3) is 3.47. The molecular weight excluding hydrogens is 268 g/mol. The fourth-order valence-electron chi connectivity index (χ4n) is 1.98. The first-order chi connectivity index (χ1) is 8.62. The summed E-state index contributed by atoms with van der Waals surface area (Å²) in [5.74, 6) is 0. The van der Waals surface area contributed by atoms with E-state index in [1.807, 2.05) is 18.4 Å². The van der Waals surface area contributed by atoms with Gasteiger partial charge in [0.05, 0.1) is 4.90 Å². The number of rotatable bonds is 4. The van der Waals surface area contributed by atoms with Crippen LogP contribution in [0.25, 0.3) is 0 Å². The van der Waals surface area contributed by atoms with Gasteiger partial charge in [0.15, 0.2) is 0 Å². The first-order valence-electron chi connectivity index (χ1n) is 5.99. The van der Waals surface area contributed by atoms with Gasteiger partial charge in [0, 0.05) is 10.9 Å². The van der Waals surface area contributed by atoms with Crippen molar-refractivity contribution in [2.24, 2.45) is 0 Å². The number of thioether (sulfide) groups is 1. The van der Waals surface area contributed by atoms with Gasteiger partial charge >= 0.3 is 0 Å². The monoisotopic (exact) mass is 286 g/mol. The molecule has 0 aliphatic carbocycles. The summed E-state index contributed by atoms with van der Waals surface area (Å²) in [5, 5.41) is 3.22. The molecule has 6 heteroatoms. The normalized spacial score (nSPS) is 17.8. The van der Waals surface area contributed by atoms with Crippen LogP contribution in [0, 0.1) is 0 Å². The Morgan fingerprint density at radius 2 is 1.83 bits per heavy atom. The van der Waals surface area contributed by atoms with Crippen LogP contribution in [-0.2, 0) is 10.0 Å². The molecule has 0 atom stereocenters. The minimum atomic E-state index is -3.37. The molecule has 0 spiro atoms. The number of hydrogen-bond donors (Lipinski definition) is 2. The highest BCUT2D eigenvalue weighted by Crippen LogP contribution is 2.18. The Labute approximate surface area is 113 Å². The number of hydrogen-bond acceptors (Lipinski definition) is 4. The van der Waals surface area contributed by atoms with Gasteiger partial charge in [-0.2, -0.15) is 0 Å². The first kappa shape index (κ1) is 13.9. The molecular formula is C12H18N2O2S2. The van der Waals surface area contributed by atoms with E-state index < -0.39 is 10.0 Å². The summed E-state index contributed by atoms with van der Waals surface area (Å²) in [6, 6.07) is 7.05. The molecule has 2 rings (SSSR count). The maximum absolute atomic E-state index is 12.2. The van der Waals surface area contributed by atoms with Gasteiger partial charge in [-0.25, -0.2) is 13.1 Å². The zero-order chi connectivity index (χ0) is 13.0. The Hall–Kier alpha value is -0.560. The van der Waals surface area contributed by atoms with Gasteiger partial charge in [-0.3, -0.25) is 0 Å². The van der Waals surface area contributed by atoms with E-state index in [0.29, 0.717) is 4.90 Å². The van der Waals surface area contributed by atoms with Crippen LogP contribution >= 0.6 is 11.8 Å². The second-order valence-electron chi connectivity index (χ2n) is 4.32. The highest BCUT2D eigenvalue weighted by molar-refractivity contribution is 7.98. The second kappa shape index (κ2) is 6.06. The lowest BCUT2D eigenvalue weighted by Gasteiger charge is -2.23. The summed E-state index contributed by atoms with van der Waals surface area (Å²) in [6.07, 6.45) is 3.67. The first-order valence-corrected chi connectivity index (χ1v) is 8.70. The van der Waals surface area contributed by atoms with Crippen molar-refractivity contribution in [3.8, 4) is 0 Å². The summed E-state index contributed by atoms with van der Waals surface area (Å²) < 4.78 is 27.1. The SMILES string of the molecule is CSc1ccc(S(=O)(=O)NC2CCNCC2)cc1. The predicted octanol–water partition coefficient (Wildman–Crippen LogP) is 1.44. The van der Waals surface area contributed by atoms with Crippen LogP contribution < -0.4 is 10.0 Å².